The molecule has 1 amide bonds. The third-order valence-electron chi connectivity index (χ3n) is 4.23. The summed E-state index contributed by atoms with van der Waals surface area (Å²) in [4.78, 5) is 12.1. The number of benzene rings is 1. The number of amides is 1. The lowest BCUT2D eigenvalue weighted by molar-refractivity contribution is -0.120. The number of rotatable bonds is 8. The average Bonchev–Trinajstić information content (AvgIpc) is 3.09. The third kappa shape index (κ3) is 4.60. The van der Waals surface area contributed by atoms with E-state index in [1.165, 1.54) is 0 Å². The van der Waals surface area contributed by atoms with E-state index in [0.717, 1.165) is 24.2 Å². The maximum Gasteiger partial charge on any atom is 0.234 e. The highest BCUT2D eigenvalue weighted by Crippen LogP contribution is 2.29. The Balaban J connectivity index is 1.96. The Hall–Kier alpha value is -1.78. The molecule has 2 aromatic rings. The molecule has 0 aliphatic carbocycles. The number of hydrogen-bond donors (Lipinski definition) is 2. The molecular formula is C18H23ClN2O2. The molecule has 0 bridgehead atoms. The zero-order chi connectivity index (χ0) is 16.7. The molecule has 0 spiro atoms. The molecule has 23 heavy (non-hydrogen) atoms. The number of carbonyl (C=O) groups is 1. The van der Waals surface area contributed by atoms with Gasteiger partial charge in [0.1, 0.15) is 5.76 Å². The van der Waals surface area contributed by atoms with Crippen molar-refractivity contribution in [2.75, 3.05) is 6.54 Å². The topological polar surface area (TPSA) is 54.3 Å². The van der Waals surface area contributed by atoms with Crippen LogP contribution in [0.1, 0.15) is 38.0 Å². The molecule has 4 nitrogen and oxygen atoms in total. The summed E-state index contributed by atoms with van der Waals surface area (Å²) >= 11 is 5.97. The molecule has 5 heteroatoms. The van der Waals surface area contributed by atoms with Crippen molar-refractivity contribution in [3.8, 4) is 0 Å². The maximum atomic E-state index is 12.1. The fourth-order valence-corrected chi connectivity index (χ4v) is 2.82. The number of furan rings is 1. The van der Waals surface area contributed by atoms with Crippen LogP contribution in [0.3, 0.4) is 0 Å². The monoisotopic (exact) mass is 334 g/mol. The van der Waals surface area contributed by atoms with Crippen LogP contribution >= 0.6 is 11.6 Å². The Kier molecular flexibility index (Phi) is 6.25. The lowest BCUT2D eigenvalue weighted by Gasteiger charge is -2.33. The van der Waals surface area contributed by atoms with Crippen LogP contribution in [0.25, 0.3) is 0 Å². The Morgan fingerprint density at radius 1 is 1.17 bits per heavy atom. The number of carbonyl (C=O) groups excluding carboxylic acids is 1. The van der Waals surface area contributed by atoms with Crippen molar-refractivity contribution in [2.24, 2.45) is 0 Å². The summed E-state index contributed by atoms with van der Waals surface area (Å²) < 4.78 is 5.20. The van der Waals surface area contributed by atoms with Crippen molar-refractivity contribution >= 4 is 17.5 Å². The third-order valence-corrected chi connectivity index (χ3v) is 4.48. The van der Waals surface area contributed by atoms with Crippen molar-refractivity contribution in [1.82, 2.24) is 10.6 Å². The van der Waals surface area contributed by atoms with Gasteiger partial charge in [0.15, 0.2) is 0 Å². The van der Waals surface area contributed by atoms with Crippen molar-refractivity contribution in [3.63, 3.8) is 0 Å². The van der Waals surface area contributed by atoms with E-state index in [1.54, 1.807) is 12.3 Å². The molecule has 0 saturated carbocycles. The fraction of sp³-hybridized carbons (Fsp3) is 0.389. The summed E-state index contributed by atoms with van der Waals surface area (Å²) in [5, 5.41) is 6.98. The van der Waals surface area contributed by atoms with Gasteiger partial charge in [0.05, 0.1) is 19.4 Å². The second-order valence-electron chi connectivity index (χ2n) is 5.51. The van der Waals surface area contributed by atoms with E-state index < -0.39 is 0 Å². The first-order valence-electron chi connectivity index (χ1n) is 7.90. The second kappa shape index (κ2) is 8.18. The van der Waals surface area contributed by atoms with Crippen LogP contribution < -0.4 is 10.6 Å². The van der Waals surface area contributed by atoms with Gasteiger partial charge in [0, 0.05) is 10.6 Å². The zero-order valence-corrected chi connectivity index (χ0v) is 14.3. The zero-order valence-electron chi connectivity index (χ0n) is 13.6. The van der Waals surface area contributed by atoms with E-state index in [-0.39, 0.29) is 18.0 Å². The van der Waals surface area contributed by atoms with Gasteiger partial charge in [-0.05, 0) is 42.7 Å². The number of hydrogen-bond acceptors (Lipinski definition) is 3. The van der Waals surface area contributed by atoms with E-state index >= 15 is 0 Å². The smallest absolute Gasteiger partial charge is 0.234 e. The average molecular weight is 335 g/mol. The van der Waals surface area contributed by atoms with Gasteiger partial charge in [0.25, 0.3) is 0 Å². The summed E-state index contributed by atoms with van der Waals surface area (Å²) in [6.45, 7) is 4.89. The molecule has 0 aliphatic rings. The van der Waals surface area contributed by atoms with Gasteiger partial charge < -0.3 is 9.73 Å². The summed E-state index contributed by atoms with van der Waals surface area (Å²) in [6, 6.07) is 11.4. The first kappa shape index (κ1) is 17.6. The van der Waals surface area contributed by atoms with Crippen LogP contribution in [0, 0.1) is 0 Å². The summed E-state index contributed by atoms with van der Waals surface area (Å²) in [5.41, 5.74) is 0.915. The molecule has 0 aliphatic heterocycles. The van der Waals surface area contributed by atoms with E-state index in [1.807, 2.05) is 30.3 Å². The Morgan fingerprint density at radius 3 is 2.43 bits per heavy atom. The van der Waals surface area contributed by atoms with Crippen LogP contribution in [0.5, 0.6) is 0 Å². The Bertz CT molecular complexity index is 604. The molecule has 2 rings (SSSR count). The standard InChI is InChI=1S/C18H23ClN2O2/c1-3-18(4-2,14-7-9-15(19)10-8-14)21-13-17(22)20-12-16-6-5-11-23-16/h5-11,21H,3-4,12-13H2,1-2H3,(H,20,22). The minimum Gasteiger partial charge on any atom is -0.467 e. The van der Waals surface area contributed by atoms with Crippen LogP contribution in [0.2, 0.25) is 5.02 Å². The van der Waals surface area contributed by atoms with Gasteiger partial charge in [0.2, 0.25) is 5.91 Å². The van der Waals surface area contributed by atoms with E-state index in [4.69, 9.17) is 16.0 Å². The second-order valence-corrected chi connectivity index (χ2v) is 5.94. The number of halogens is 1. The summed E-state index contributed by atoms with van der Waals surface area (Å²) in [7, 11) is 0. The van der Waals surface area contributed by atoms with Crippen LogP contribution in [0.4, 0.5) is 0 Å². The predicted molar refractivity (Wildman–Crippen MR) is 92.3 cm³/mol. The van der Waals surface area contributed by atoms with E-state index in [0.29, 0.717) is 11.6 Å². The quantitative estimate of drug-likeness (QED) is 0.771. The molecular weight excluding hydrogens is 312 g/mol. The van der Waals surface area contributed by atoms with Crippen LogP contribution in [-0.2, 0) is 16.9 Å². The van der Waals surface area contributed by atoms with Gasteiger partial charge in [-0.15, -0.1) is 0 Å². The molecule has 1 aromatic carbocycles. The Labute approximate surface area is 142 Å². The van der Waals surface area contributed by atoms with Crippen molar-refractivity contribution in [3.05, 3.63) is 59.0 Å². The minimum absolute atomic E-state index is 0.0540. The Morgan fingerprint density at radius 2 is 1.87 bits per heavy atom. The fourth-order valence-electron chi connectivity index (χ4n) is 2.69. The molecule has 1 aromatic heterocycles. The van der Waals surface area contributed by atoms with Crippen molar-refractivity contribution in [1.29, 1.82) is 0 Å². The lowest BCUT2D eigenvalue weighted by atomic mass is 9.84. The minimum atomic E-state index is -0.230. The maximum absolute atomic E-state index is 12.1. The van der Waals surface area contributed by atoms with Crippen molar-refractivity contribution in [2.45, 2.75) is 38.8 Å². The summed E-state index contributed by atoms with van der Waals surface area (Å²) in [6.07, 6.45) is 3.37. The van der Waals surface area contributed by atoms with Crippen LogP contribution in [-0.4, -0.2) is 12.5 Å². The van der Waals surface area contributed by atoms with Gasteiger partial charge in [-0.1, -0.05) is 37.6 Å². The molecule has 0 saturated heterocycles. The SMILES string of the molecule is CCC(CC)(NCC(=O)NCc1ccco1)c1ccc(Cl)cc1. The van der Waals surface area contributed by atoms with E-state index in [9.17, 15) is 4.79 Å². The molecule has 1 heterocycles. The lowest BCUT2D eigenvalue weighted by Crippen LogP contribution is -2.46. The van der Waals surface area contributed by atoms with Crippen LogP contribution in [0.15, 0.2) is 47.1 Å². The van der Waals surface area contributed by atoms with Gasteiger partial charge >= 0.3 is 0 Å². The first-order chi connectivity index (χ1) is 11.1. The van der Waals surface area contributed by atoms with Gasteiger partial charge in [-0.2, -0.15) is 0 Å². The molecule has 0 atom stereocenters. The highest BCUT2D eigenvalue weighted by molar-refractivity contribution is 6.30. The van der Waals surface area contributed by atoms with Gasteiger partial charge in [-0.3, -0.25) is 10.1 Å². The molecule has 2 N–H and O–H groups in total. The van der Waals surface area contributed by atoms with Crippen molar-refractivity contribution < 1.29 is 9.21 Å². The van der Waals surface area contributed by atoms with E-state index in [2.05, 4.69) is 24.5 Å². The molecule has 0 fully saturated rings. The highest BCUT2D eigenvalue weighted by Gasteiger charge is 2.28. The summed E-state index contributed by atoms with van der Waals surface area (Å²) in [5.74, 6) is 0.690. The molecule has 0 radical (unpaired) electrons. The first-order valence-corrected chi connectivity index (χ1v) is 8.27. The van der Waals surface area contributed by atoms with Gasteiger partial charge in [-0.25, -0.2) is 0 Å². The number of nitrogens with one attached hydrogen (secondary N) is 2. The largest absolute Gasteiger partial charge is 0.467 e. The molecule has 0 unspecified atom stereocenters. The molecule has 124 valence electrons. The predicted octanol–water partition coefficient (Wildman–Crippen LogP) is 3.85. The highest BCUT2D eigenvalue weighted by atomic mass is 35.5. The normalized spacial score (nSPS) is 11.4.